The molecule has 0 aliphatic heterocycles. The minimum Gasteiger partial charge on any atom is -0.452 e. The van der Waals surface area contributed by atoms with Crippen LogP contribution in [0.15, 0.2) is 36.4 Å². The number of nitrogens with zero attached hydrogens (tertiary/aromatic N) is 1. The normalized spacial score (nSPS) is 10.9. The Morgan fingerprint density at radius 3 is 2.31 bits per heavy atom. The van der Waals surface area contributed by atoms with Gasteiger partial charge in [-0.3, -0.25) is 19.7 Å². The van der Waals surface area contributed by atoms with Crippen LogP contribution in [0.5, 0.6) is 0 Å². The molecule has 0 unspecified atom stereocenters. The Morgan fingerprint density at radius 1 is 1.03 bits per heavy atom. The van der Waals surface area contributed by atoms with Gasteiger partial charge >= 0.3 is 5.97 Å². The monoisotopic (exact) mass is 449 g/mol. The predicted molar refractivity (Wildman–Crippen MR) is 110 cm³/mol. The summed E-state index contributed by atoms with van der Waals surface area (Å²) in [4.78, 5) is 46.5. The maximum Gasteiger partial charge on any atom is 0.338 e. The number of nitrogens with one attached hydrogen (secondary N) is 2. The molecule has 0 aromatic heterocycles. The van der Waals surface area contributed by atoms with E-state index in [2.05, 4.69) is 10.6 Å². The number of ether oxygens (including phenoxy) is 1. The van der Waals surface area contributed by atoms with Crippen molar-refractivity contribution in [3.05, 3.63) is 69.3 Å². The summed E-state index contributed by atoms with van der Waals surface area (Å²) in [7, 11) is 0. The van der Waals surface area contributed by atoms with Gasteiger partial charge in [-0.15, -0.1) is 0 Å². The van der Waals surface area contributed by atoms with Gasteiger partial charge in [-0.1, -0.05) is 26.8 Å². The second-order valence-corrected chi connectivity index (χ2v) is 7.77. The minimum absolute atomic E-state index is 0.00475. The number of nitro groups is 1. The van der Waals surface area contributed by atoms with Crippen molar-refractivity contribution in [2.45, 2.75) is 26.2 Å². The molecule has 0 aliphatic rings. The topological polar surface area (TPSA) is 128 Å². The Morgan fingerprint density at radius 2 is 1.72 bits per heavy atom. The zero-order valence-corrected chi connectivity index (χ0v) is 17.5. The molecule has 0 saturated heterocycles. The van der Waals surface area contributed by atoms with Gasteiger partial charge in [-0.25, -0.2) is 13.6 Å². The Balaban J connectivity index is 1.89. The average molecular weight is 449 g/mol. The van der Waals surface area contributed by atoms with Crippen molar-refractivity contribution in [2.24, 2.45) is 0 Å². The van der Waals surface area contributed by atoms with Gasteiger partial charge in [0.15, 0.2) is 18.2 Å². The van der Waals surface area contributed by atoms with E-state index in [1.807, 2.05) is 0 Å². The highest BCUT2D eigenvalue weighted by Crippen LogP contribution is 2.32. The first-order chi connectivity index (χ1) is 14.9. The van der Waals surface area contributed by atoms with E-state index in [0.717, 1.165) is 24.3 Å². The van der Waals surface area contributed by atoms with Crippen LogP contribution in [0.4, 0.5) is 20.2 Å². The molecule has 2 rings (SSSR count). The molecule has 2 amide bonds. The lowest BCUT2D eigenvalue weighted by Crippen LogP contribution is -2.35. The summed E-state index contributed by atoms with van der Waals surface area (Å²) in [6, 6.07) is 6.66. The molecule has 0 heterocycles. The summed E-state index contributed by atoms with van der Waals surface area (Å²) in [6.45, 7) is 4.13. The molecule has 2 aromatic carbocycles. The van der Waals surface area contributed by atoms with Gasteiger partial charge in [-0.05, 0) is 23.6 Å². The zero-order chi connectivity index (χ0) is 24.1. The Labute approximate surface area is 181 Å². The molecule has 9 nitrogen and oxygen atoms in total. The molecule has 170 valence electrons. The highest BCUT2D eigenvalue weighted by Gasteiger charge is 2.26. The number of benzene rings is 2. The number of carbonyl (C=O) groups excluding carboxylic acids is 3. The lowest BCUT2D eigenvalue weighted by Gasteiger charge is -2.19. The van der Waals surface area contributed by atoms with Crippen LogP contribution in [-0.4, -0.2) is 35.9 Å². The van der Waals surface area contributed by atoms with Crippen LogP contribution in [0.2, 0.25) is 0 Å². The fourth-order valence-electron chi connectivity index (χ4n) is 2.67. The molecule has 32 heavy (non-hydrogen) atoms. The highest BCUT2D eigenvalue weighted by molar-refractivity contribution is 5.95. The van der Waals surface area contributed by atoms with Crippen molar-refractivity contribution in [2.75, 3.05) is 18.5 Å². The Kier molecular flexibility index (Phi) is 7.58. The zero-order valence-electron chi connectivity index (χ0n) is 17.5. The van der Waals surface area contributed by atoms with E-state index in [9.17, 15) is 33.3 Å². The molecular formula is C21H21F2N3O6. The van der Waals surface area contributed by atoms with Crippen molar-refractivity contribution >= 4 is 29.2 Å². The van der Waals surface area contributed by atoms with Gasteiger partial charge in [0.2, 0.25) is 5.91 Å². The summed E-state index contributed by atoms with van der Waals surface area (Å²) in [5.41, 5.74) is -0.442. The number of rotatable bonds is 7. The van der Waals surface area contributed by atoms with Crippen molar-refractivity contribution in [3.8, 4) is 0 Å². The number of hydrogen-bond donors (Lipinski definition) is 2. The largest absolute Gasteiger partial charge is 0.452 e. The number of hydrogen-bond acceptors (Lipinski definition) is 6. The Hall–Kier alpha value is -3.89. The van der Waals surface area contributed by atoms with Crippen LogP contribution < -0.4 is 10.6 Å². The number of carbonyl (C=O) groups is 3. The van der Waals surface area contributed by atoms with E-state index in [-0.39, 0.29) is 16.9 Å². The number of nitro benzene ring substituents is 1. The SMILES string of the molecule is CC(C)(C)c1ccc(C(=O)OCC(=O)NCC(=O)Nc2ccc(F)c(F)c2)cc1[N+](=O)[O-]. The first-order valence-electron chi connectivity index (χ1n) is 9.36. The van der Waals surface area contributed by atoms with Crippen LogP contribution in [-0.2, 0) is 19.7 Å². The van der Waals surface area contributed by atoms with Gasteiger partial charge < -0.3 is 15.4 Å². The van der Waals surface area contributed by atoms with Crippen LogP contribution in [0.25, 0.3) is 0 Å². The van der Waals surface area contributed by atoms with Crippen molar-refractivity contribution in [1.82, 2.24) is 5.32 Å². The standard InChI is InChI=1S/C21H21F2N3O6/c1-21(2,3)14-6-4-12(8-17(14)26(30)31)20(29)32-11-19(28)24-10-18(27)25-13-5-7-15(22)16(23)9-13/h4-9H,10-11H2,1-3H3,(H,24,28)(H,25,27). The van der Waals surface area contributed by atoms with Gasteiger partial charge in [0, 0.05) is 23.4 Å². The first-order valence-corrected chi connectivity index (χ1v) is 9.36. The molecule has 11 heteroatoms. The number of halogens is 2. The third-order valence-corrected chi connectivity index (χ3v) is 4.22. The van der Waals surface area contributed by atoms with Crippen LogP contribution in [0.1, 0.15) is 36.7 Å². The fourth-order valence-corrected chi connectivity index (χ4v) is 2.67. The summed E-state index contributed by atoms with van der Waals surface area (Å²) >= 11 is 0. The summed E-state index contributed by atoms with van der Waals surface area (Å²) in [5.74, 6) is -4.69. The molecule has 0 radical (unpaired) electrons. The van der Waals surface area contributed by atoms with E-state index < -0.39 is 52.9 Å². The maximum atomic E-state index is 13.1. The third-order valence-electron chi connectivity index (χ3n) is 4.22. The molecule has 0 spiro atoms. The smallest absolute Gasteiger partial charge is 0.338 e. The van der Waals surface area contributed by atoms with Crippen LogP contribution in [0.3, 0.4) is 0 Å². The molecule has 0 saturated carbocycles. The quantitative estimate of drug-likeness (QED) is 0.380. The highest BCUT2D eigenvalue weighted by atomic mass is 19.2. The lowest BCUT2D eigenvalue weighted by molar-refractivity contribution is -0.386. The average Bonchev–Trinajstić information content (AvgIpc) is 2.72. The Bertz CT molecular complexity index is 1070. The molecule has 2 N–H and O–H groups in total. The molecule has 0 aliphatic carbocycles. The molecule has 2 aromatic rings. The van der Waals surface area contributed by atoms with Crippen molar-refractivity contribution in [1.29, 1.82) is 0 Å². The van der Waals surface area contributed by atoms with Gasteiger partial charge in [-0.2, -0.15) is 0 Å². The predicted octanol–water partition coefficient (Wildman–Crippen LogP) is 3.08. The van der Waals surface area contributed by atoms with E-state index >= 15 is 0 Å². The summed E-state index contributed by atoms with van der Waals surface area (Å²) in [6.07, 6.45) is 0. The second-order valence-electron chi connectivity index (χ2n) is 7.77. The van der Waals surface area contributed by atoms with E-state index in [4.69, 9.17) is 4.74 Å². The third kappa shape index (κ3) is 6.56. The number of anilines is 1. The summed E-state index contributed by atoms with van der Waals surface area (Å²) in [5, 5.41) is 15.8. The second kappa shape index (κ2) is 9.94. The van der Waals surface area contributed by atoms with E-state index in [1.165, 1.54) is 12.1 Å². The van der Waals surface area contributed by atoms with Crippen LogP contribution >= 0.6 is 0 Å². The van der Waals surface area contributed by atoms with E-state index in [0.29, 0.717) is 5.56 Å². The first kappa shape index (κ1) is 24.4. The van der Waals surface area contributed by atoms with Gasteiger partial charge in [0.05, 0.1) is 17.0 Å². The van der Waals surface area contributed by atoms with Crippen molar-refractivity contribution < 1.29 is 32.8 Å². The van der Waals surface area contributed by atoms with Gasteiger partial charge in [0.1, 0.15) is 0 Å². The van der Waals surface area contributed by atoms with E-state index in [1.54, 1.807) is 20.8 Å². The maximum absolute atomic E-state index is 13.1. The molecule has 0 fully saturated rings. The molecule has 0 atom stereocenters. The number of esters is 1. The molecular weight excluding hydrogens is 428 g/mol. The summed E-state index contributed by atoms with van der Waals surface area (Å²) < 4.78 is 30.8. The van der Waals surface area contributed by atoms with Crippen LogP contribution in [0, 0.1) is 21.7 Å². The van der Waals surface area contributed by atoms with Gasteiger partial charge in [0.25, 0.3) is 11.6 Å². The fraction of sp³-hybridized carbons (Fsp3) is 0.286. The lowest BCUT2D eigenvalue weighted by atomic mass is 9.85. The number of amides is 2. The minimum atomic E-state index is -1.14. The molecule has 0 bridgehead atoms. The van der Waals surface area contributed by atoms with Crippen molar-refractivity contribution in [3.63, 3.8) is 0 Å².